The SMILES string of the molecule is CCCCCCCCCCCCCCCCC1(F)C(F)(F)C(F)(F)C(F)(F)C(F)(F)C1(F)F. The summed E-state index contributed by atoms with van der Waals surface area (Å²) < 4.78 is 150. The number of alkyl halides is 11. The molecule has 0 aromatic heterocycles. The van der Waals surface area contributed by atoms with E-state index in [0.717, 1.165) is 38.5 Å². The minimum absolute atomic E-state index is 0.164. The number of unbranched alkanes of at least 4 members (excludes halogenated alkanes) is 13. The van der Waals surface area contributed by atoms with E-state index in [1.54, 1.807) is 0 Å². The highest BCUT2D eigenvalue weighted by molar-refractivity contribution is 5.26. The van der Waals surface area contributed by atoms with E-state index in [1.807, 2.05) is 0 Å². The van der Waals surface area contributed by atoms with Crippen molar-refractivity contribution in [3.8, 4) is 0 Å². The van der Waals surface area contributed by atoms with Crippen molar-refractivity contribution < 1.29 is 48.3 Å². The van der Waals surface area contributed by atoms with Crippen LogP contribution in [0.5, 0.6) is 0 Å². The number of rotatable bonds is 15. The summed E-state index contributed by atoms with van der Waals surface area (Å²) in [5.41, 5.74) is -5.81. The van der Waals surface area contributed by atoms with Crippen LogP contribution in [0, 0.1) is 0 Å². The quantitative estimate of drug-likeness (QED) is 0.153. The Kier molecular flexibility index (Phi) is 10.4. The molecule has 0 aliphatic heterocycles. The predicted molar refractivity (Wildman–Crippen MR) is 104 cm³/mol. The van der Waals surface area contributed by atoms with E-state index in [4.69, 9.17) is 0 Å². The van der Waals surface area contributed by atoms with Crippen LogP contribution in [0.2, 0.25) is 0 Å². The molecule has 0 N–H and O–H groups in total. The van der Waals surface area contributed by atoms with Crippen molar-refractivity contribution >= 4 is 0 Å². The van der Waals surface area contributed by atoms with Gasteiger partial charge in [-0.1, -0.05) is 90.4 Å². The summed E-state index contributed by atoms with van der Waals surface area (Å²) in [5, 5.41) is 0. The first-order valence-corrected chi connectivity index (χ1v) is 11.6. The van der Waals surface area contributed by atoms with Crippen LogP contribution in [0.4, 0.5) is 48.3 Å². The molecule has 11 heteroatoms. The van der Waals surface area contributed by atoms with Crippen molar-refractivity contribution in [1.29, 1.82) is 0 Å². The maximum Gasteiger partial charge on any atom is 0.384 e. The zero-order valence-corrected chi connectivity index (χ0v) is 18.8. The number of hydrogen-bond acceptors (Lipinski definition) is 0. The summed E-state index contributed by atoms with van der Waals surface area (Å²) in [6.45, 7) is 2.13. The Morgan fingerprint density at radius 1 is 0.333 bits per heavy atom. The average molecular weight is 506 g/mol. The zero-order chi connectivity index (χ0) is 25.6. The molecule has 0 spiro atoms. The van der Waals surface area contributed by atoms with Gasteiger partial charge in [0.25, 0.3) is 0 Å². The summed E-state index contributed by atoms with van der Waals surface area (Å²) in [6.07, 6.45) is 8.37. The van der Waals surface area contributed by atoms with Crippen LogP contribution in [-0.4, -0.2) is 35.3 Å². The summed E-state index contributed by atoms with van der Waals surface area (Å²) in [5.74, 6) is -34.5. The minimum Gasteiger partial charge on any atom is -0.230 e. The molecule has 1 aliphatic rings. The van der Waals surface area contributed by atoms with Crippen LogP contribution in [0.25, 0.3) is 0 Å². The van der Waals surface area contributed by atoms with Gasteiger partial charge in [0, 0.05) is 0 Å². The first kappa shape index (κ1) is 30.3. The van der Waals surface area contributed by atoms with Gasteiger partial charge < -0.3 is 0 Å². The molecule has 0 aromatic carbocycles. The molecule has 0 heterocycles. The van der Waals surface area contributed by atoms with Crippen LogP contribution in [0.15, 0.2) is 0 Å². The van der Waals surface area contributed by atoms with E-state index in [9.17, 15) is 48.3 Å². The molecule has 0 aromatic rings. The average Bonchev–Trinajstić information content (AvgIpc) is 2.72. The van der Waals surface area contributed by atoms with Crippen molar-refractivity contribution in [3.05, 3.63) is 0 Å². The van der Waals surface area contributed by atoms with E-state index in [-0.39, 0.29) is 12.8 Å². The van der Waals surface area contributed by atoms with Crippen molar-refractivity contribution in [2.45, 2.75) is 139 Å². The third-order valence-electron chi connectivity index (χ3n) is 6.45. The van der Waals surface area contributed by atoms with Crippen LogP contribution < -0.4 is 0 Å². The number of halogens is 11. The third kappa shape index (κ3) is 5.41. The maximum atomic E-state index is 14.5. The Labute approximate surface area is 187 Å². The summed E-state index contributed by atoms with van der Waals surface area (Å²) in [4.78, 5) is 0. The fourth-order valence-electron chi connectivity index (χ4n) is 4.16. The van der Waals surface area contributed by atoms with Crippen molar-refractivity contribution in [1.82, 2.24) is 0 Å². The third-order valence-corrected chi connectivity index (χ3v) is 6.45. The Morgan fingerprint density at radius 3 is 0.879 bits per heavy atom. The van der Waals surface area contributed by atoms with Crippen LogP contribution in [0.1, 0.15) is 103 Å². The van der Waals surface area contributed by atoms with Crippen molar-refractivity contribution in [3.63, 3.8) is 0 Å². The van der Waals surface area contributed by atoms with Crippen LogP contribution in [-0.2, 0) is 0 Å². The lowest BCUT2D eigenvalue weighted by molar-refractivity contribution is -0.485. The van der Waals surface area contributed by atoms with Crippen molar-refractivity contribution in [2.24, 2.45) is 0 Å². The second kappa shape index (κ2) is 11.3. The lowest BCUT2D eigenvalue weighted by atomic mass is 9.70. The van der Waals surface area contributed by atoms with E-state index in [1.165, 1.54) is 25.7 Å². The second-order valence-corrected chi connectivity index (χ2v) is 9.02. The molecule has 1 saturated carbocycles. The maximum absolute atomic E-state index is 14.5. The Balaban J connectivity index is 2.46. The van der Waals surface area contributed by atoms with Gasteiger partial charge in [-0.25, -0.2) is 4.39 Å². The van der Waals surface area contributed by atoms with E-state index >= 15 is 0 Å². The zero-order valence-electron chi connectivity index (χ0n) is 18.8. The van der Waals surface area contributed by atoms with Gasteiger partial charge in [0.2, 0.25) is 5.67 Å². The highest BCUT2D eigenvalue weighted by Crippen LogP contribution is 2.70. The van der Waals surface area contributed by atoms with E-state index in [0.29, 0.717) is 6.42 Å². The van der Waals surface area contributed by atoms with Gasteiger partial charge in [0.05, 0.1) is 0 Å². The molecule has 33 heavy (non-hydrogen) atoms. The molecule has 0 bridgehead atoms. The van der Waals surface area contributed by atoms with Crippen LogP contribution >= 0.6 is 0 Å². The molecule has 0 unspecified atom stereocenters. The van der Waals surface area contributed by atoms with Gasteiger partial charge in [-0.3, -0.25) is 0 Å². The van der Waals surface area contributed by atoms with E-state index in [2.05, 4.69) is 6.92 Å². The molecule has 0 atom stereocenters. The molecular formula is C22H33F11. The molecule has 198 valence electrons. The van der Waals surface area contributed by atoms with Gasteiger partial charge in [-0.2, -0.15) is 43.9 Å². The normalized spacial score (nSPS) is 24.0. The highest BCUT2D eigenvalue weighted by Gasteiger charge is 3.00. The second-order valence-electron chi connectivity index (χ2n) is 9.02. The monoisotopic (exact) mass is 506 g/mol. The van der Waals surface area contributed by atoms with Gasteiger partial charge in [-0.05, 0) is 12.8 Å². The minimum atomic E-state index is -7.13. The summed E-state index contributed by atoms with van der Waals surface area (Å²) in [6, 6.07) is 0. The Hall–Kier alpha value is -0.770. The van der Waals surface area contributed by atoms with Gasteiger partial charge in [0.1, 0.15) is 0 Å². The van der Waals surface area contributed by atoms with Gasteiger partial charge in [0.15, 0.2) is 0 Å². The molecule has 1 fully saturated rings. The smallest absolute Gasteiger partial charge is 0.230 e. The molecule has 0 nitrogen and oxygen atoms in total. The topological polar surface area (TPSA) is 0 Å². The Bertz CT molecular complexity index is 557. The van der Waals surface area contributed by atoms with Crippen LogP contribution in [0.3, 0.4) is 0 Å². The first-order valence-electron chi connectivity index (χ1n) is 11.6. The molecule has 1 aliphatic carbocycles. The molecule has 1 rings (SSSR count). The van der Waals surface area contributed by atoms with Crippen molar-refractivity contribution in [2.75, 3.05) is 0 Å². The first-order chi connectivity index (χ1) is 15.1. The molecule has 0 radical (unpaired) electrons. The lowest BCUT2D eigenvalue weighted by Gasteiger charge is -2.52. The Morgan fingerprint density at radius 2 is 0.576 bits per heavy atom. The lowest BCUT2D eigenvalue weighted by Crippen LogP contribution is -2.83. The van der Waals surface area contributed by atoms with Gasteiger partial charge >= 0.3 is 29.6 Å². The molecule has 0 saturated heterocycles. The fraction of sp³-hybridized carbons (Fsp3) is 1.00. The predicted octanol–water partition coefficient (Wildman–Crippen LogP) is 9.76. The molecule has 0 amide bonds. The summed E-state index contributed by atoms with van der Waals surface area (Å²) >= 11 is 0. The van der Waals surface area contributed by atoms with E-state index < -0.39 is 48.1 Å². The fourth-order valence-corrected chi connectivity index (χ4v) is 4.16. The standard InChI is InChI=1S/C22H33F11/c1-2-3-4-5-6-7-8-9-10-11-12-13-14-15-16-17(23)18(24,25)20(28,29)22(32,33)21(30,31)19(17,26)27/h2-16H2,1H3. The largest absolute Gasteiger partial charge is 0.384 e. The molecular weight excluding hydrogens is 473 g/mol. The number of hydrogen-bond donors (Lipinski definition) is 0. The summed E-state index contributed by atoms with van der Waals surface area (Å²) in [7, 11) is 0. The van der Waals surface area contributed by atoms with Gasteiger partial charge in [-0.15, -0.1) is 0 Å². The highest BCUT2D eigenvalue weighted by atomic mass is 19.4.